The minimum Gasteiger partial charge on any atom is -0.385 e. The van der Waals surface area contributed by atoms with E-state index in [1.807, 2.05) is 0 Å². The van der Waals surface area contributed by atoms with Gasteiger partial charge in [0, 0.05) is 26.3 Å². The Bertz CT molecular complexity index is 142. The number of hydrogen-bond acceptors (Lipinski definition) is 3. The number of rotatable bonds is 11. The van der Waals surface area contributed by atoms with Gasteiger partial charge in [-0.15, -0.1) is 0 Å². The molecule has 0 aromatic carbocycles. The van der Waals surface area contributed by atoms with Gasteiger partial charge in [-0.2, -0.15) is 0 Å². The van der Waals surface area contributed by atoms with Gasteiger partial charge in [-0.1, -0.05) is 33.1 Å². The lowest BCUT2D eigenvalue weighted by atomic mass is 9.99. The van der Waals surface area contributed by atoms with Crippen LogP contribution in [0, 0.1) is 5.92 Å². The van der Waals surface area contributed by atoms with Gasteiger partial charge in [0.15, 0.2) is 0 Å². The number of nitrogens with two attached hydrogens (primary N) is 1. The monoisotopic (exact) mass is 230 g/mol. The van der Waals surface area contributed by atoms with E-state index in [0.29, 0.717) is 0 Å². The Labute approximate surface area is 101 Å². The molecule has 0 heterocycles. The fourth-order valence-corrected chi connectivity index (χ4v) is 1.79. The third kappa shape index (κ3) is 9.13. The van der Waals surface area contributed by atoms with Gasteiger partial charge in [-0.25, -0.2) is 0 Å². The summed E-state index contributed by atoms with van der Waals surface area (Å²) in [6, 6.07) is 0.226. The van der Waals surface area contributed by atoms with Crippen LogP contribution in [0.3, 0.4) is 0 Å². The SMILES string of the molecule is CCCCC(CC)CNCC(N)CCOC. The number of methoxy groups -OCH3 is 1. The molecule has 0 aliphatic heterocycles. The van der Waals surface area contributed by atoms with Crippen molar-refractivity contribution in [1.29, 1.82) is 0 Å². The lowest BCUT2D eigenvalue weighted by Crippen LogP contribution is -2.36. The van der Waals surface area contributed by atoms with Crippen molar-refractivity contribution in [2.45, 2.75) is 52.0 Å². The lowest BCUT2D eigenvalue weighted by molar-refractivity contribution is 0.187. The molecule has 2 atom stereocenters. The molecule has 0 saturated carbocycles. The summed E-state index contributed by atoms with van der Waals surface area (Å²) in [7, 11) is 1.72. The van der Waals surface area contributed by atoms with E-state index < -0.39 is 0 Å². The lowest BCUT2D eigenvalue weighted by Gasteiger charge is -2.17. The Morgan fingerprint density at radius 2 is 1.94 bits per heavy atom. The molecule has 0 amide bonds. The van der Waals surface area contributed by atoms with E-state index in [4.69, 9.17) is 10.5 Å². The second-order valence-electron chi connectivity index (χ2n) is 4.62. The molecule has 98 valence electrons. The van der Waals surface area contributed by atoms with Gasteiger partial charge in [0.25, 0.3) is 0 Å². The van der Waals surface area contributed by atoms with Crippen molar-refractivity contribution in [3.63, 3.8) is 0 Å². The summed E-state index contributed by atoms with van der Waals surface area (Å²) in [4.78, 5) is 0. The standard InChI is InChI=1S/C13H30N2O/c1-4-6-7-12(5-2)10-15-11-13(14)8-9-16-3/h12-13,15H,4-11,14H2,1-3H3. The van der Waals surface area contributed by atoms with Crippen LogP contribution in [0.4, 0.5) is 0 Å². The Morgan fingerprint density at radius 1 is 1.19 bits per heavy atom. The quantitative estimate of drug-likeness (QED) is 0.572. The topological polar surface area (TPSA) is 47.3 Å². The molecular formula is C13H30N2O. The van der Waals surface area contributed by atoms with Crippen molar-refractivity contribution < 1.29 is 4.74 Å². The molecule has 0 bridgehead atoms. The second-order valence-corrected chi connectivity index (χ2v) is 4.62. The number of unbranched alkanes of at least 4 members (excludes halogenated alkanes) is 1. The van der Waals surface area contributed by atoms with Gasteiger partial charge in [-0.05, 0) is 25.3 Å². The fourth-order valence-electron chi connectivity index (χ4n) is 1.79. The van der Waals surface area contributed by atoms with Crippen LogP contribution in [0.5, 0.6) is 0 Å². The van der Waals surface area contributed by atoms with Gasteiger partial charge in [0.1, 0.15) is 0 Å². The first-order chi connectivity index (χ1) is 7.74. The summed E-state index contributed by atoms with van der Waals surface area (Å²) >= 11 is 0. The predicted octanol–water partition coefficient (Wildman–Crippen LogP) is 2.16. The van der Waals surface area contributed by atoms with Crippen LogP contribution < -0.4 is 11.1 Å². The van der Waals surface area contributed by atoms with Gasteiger partial charge in [0.05, 0.1) is 0 Å². The van der Waals surface area contributed by atoms with Gasteiger partial charge in [-0.3, -0.25) is 0 Å². The normalized spacial score (nSPS) is 15.0. The van der Waals surface area contributed by atoms with E-state index in [-0.39, 0.29) is 6.04 Å². The maximum Gasteiger partial charge on any atom is 0.0477 e. The molecule has 0 fully saturated rings. The average molecular weight is 230 g/mol. The van der Waals surface area contributed by atoms with Crippen molar-refractivity contribution in [3.05, 3.63) is 0 Å². The van der Waals surface area contributed by atoms with Crippen molar-refractivity contribution in [3.8, 4) is 0 Å². The molecule has 2 unspecified atom stereocenters. The molecule has 0 aromatic rings. The molecule has 0 aromatic heterocycles. The Morgan fingerprint density at radius 3 is 2.50 bits per heavy atom. The van der Waals surface area contributed by atoms with Crippen LogP contribution in [0.15, 0.2) is 0 Å². The Kier molecular flexibility index (Phi) is 11.3. The van der Waals surface area contributed by atoms with Crippen molar-refractivity contribution in [1.82, 2.24) is 5.32 Å². The summed E-state index contributed by atoms with van der Waals surface area (Å²) in [5, 5.41) is 3.47. The molecule has 0 spiro atoms. The van der Waals surface area contributed by atoms with Crippen LogP contribution >= 0.6 is 0 Å². The predicted molar refractivity (Wildman–Crippen MR) is 70.6 cm³/mol. The van der Waals surface area contributed by atoms with Crippen LogP contribution in [-0.2, 0) is 4.74 Å². The first-order valence-corrected chi connectivity index (χ1v) is 6.69. The highest BCUT2D eigenvalue weighted by atomic mass is 16.5. The zero-order valence-corrected chi connectivity index (χ0v) is 11.3. The first-order valence-electron chi connectivity index (χ1n) is 6.69. The minimum absolute atomic E-state index is 0.226. The van der Waals surface area contributed by atoms with Crippen molar-refractivity contribution in [2.75, 3.05) is 26.8 Å². The van der Waals surface area contributed by atoms with Crippen LogP contribution in [-0.4, -0.2) is 32.8 Å². The van der Waals surface area contributed by atoms with E-state index in [9.17, 15) is 0 Å². The third-order valence-electron chi connectivity index (χ3n) is 3.08. The number of ether oxygens (including phenoxy) is 1. The van der Waals surface area contributed by atoms with Crippen LogP contribution in [0.2, 0.25) is 0 Å². The fraction of sp³-hybridized carbons (Fsp3) is 1.00. The maximum absolute atomic E-state index is 5.95. The highest BCUT2D eigenvalue weighted by Crippen LogP contribution is 2.10. The molecule has 0 aliphatic carbocycles. The summed E-state index contributed by atoms with van der Waals surface area (Å²) in [5.74, 6) is 0.814. The molecule has 0 rings (SSSR count). The minimum atomic E-state index is 0.226. The van der Waals surface area contributed by atoms with E-state index in [0.717, 1.165) is 32.0 Å². The second kappa shape index (κ2) is 11.4. The zero-order valence-electron chi connectivity index (χ0n) is 11.3. The van der Waals surface area contributed by atoms with E-state index in [2.05, 4.69) is 19.2 Å². The third-order valence-corrected chi connectivity index (χ3v) is 3.08. The highest BCUT2D eigenvalue weighted by Gasteiger charge is 2.06. The van der Waals surface area contributed by atoms with Crippen LogP contribution in [0.1, 0.15) is 46.0 Å². The zero-order chi connectivity index (χ0) is 12.2. The van der Waals surface area contributed by atoms with E-state index in [1.165, 1.54) is 25.7 Å². The molecule has 16 heavy (non-hydrogen) atoms. The summed E-state index contributed by atoms with van der Waals surface area (Å²) in [6.45, 7) is 7.30. The molecule has 3 heteroatoms. The molecule has 0 saturated heterocycles. The summed E-state index contributed by atoms with van der Waals surface area (Å²) in [5.41, 5.74) is 5.95. The largest absolute Gasteiger partial charge is 0.385 e. The molecule has 3 nitrogen and oxygen atoms in total. The van der Waals surface area contributed by atoms with E-state index >= 15 is 0 Å². The van der Waals surface area contributed by atoms with Gasteiger partial charge < -0.3 is 15.8 Å². The maximum atomic E-state index is 5.95. The highest BCUT2D eigenvalue weighted by molar-refractivity contribution is 4.67. The number of hydrogen-bond donors (Lipinski definition) is 2. The first kappa shape index (κ1) is 15.9. The summed E-state index contributed by atoms with van der Waals surface area (Å²) in [6.07, 6.45) is 6.18. The van der Waals surface area contributed by atoms with Crippen molar-refractivity contribution in [2.24, 2.45) is 11.7 Å². The smallest absolute Gasteiger partial charge is 0.0477 e. The Hall–Kier alpha value is -0.120. The Balaban J connectivity index is 3.45. The summed E-state index contributed by atoms with van der Waals surface area (Å²) < 4.78 is 5.01. The van der Waals surface area contributed by atoms with E-state index in [1.54, 1.807) is 7.11 Å². The van der Waals surface area contributed by atoms with Gasteiger partial charge >= 0.3 is 0 Å². The van der Waals surface area contributed by atoms with Crippen LogP contribution in [0.25, 0.3) is 0 Å². The average Bonchev–Trinajstić information content (AvgIpc) is 2.30. The molecule has 0 radical (unpaired) electrons. The molecular weight excluding hydrogens is 200 g/mol. The van der Waals surface area contributed by atoms with Crippen molar-refractivity contribution >= 4 is 0 Å². The molecule has 3 N–H and O–H groups in total. The van der Waals surface area contributed by atoms with Gasteiger partial charge in [0.2, 0.25) is 0 Å². The number of nitrogens with one attached hydrogen (secondary N) is 1. The molecule has 0 aliphatic rings.